The minimum atomic E-state index is 0.757. The van der Waals surface area contributed by atoms with Gasteiger partial charge in [0.2, 0.25) is 0 Å². The van der Waals surface area contributed by atoms with Gasteiger partial charge in [-0.15, -0.1) is 0 Å². The number of benzene rings is 1. The van der Waals surface area contributed by atoms with Gasteiger partial charge in [-0.2, -0.15) is 0 Å². The molecular weight excluding hydrogens is 172 g/mol. The van der Waals surface area contributed by atoms with E-state index in [-0.39, 0.29) is 0 Å². The van der Waals surface area contributed by atoms with Crippen molar-refractivity contribution in [2.24, 2.45) is 0 Å². The van der Waals surface area contributed by atoms with E-state index < -0.39 is 0 Å². The molecule has 2 aromatic rings. The van der Waals surface area contributed by atoms with Crippen molar-refractivity contribution in [3.05, 3.63) is 35.0 Å². The summed E-state index contributed by atoms with van der Waals surface area (Å²) in [6.45, 7) is 1.98. The summed E-state index contributed by atoms with van der Waals surface area (Å²) in [6, 6.07) is 5.88. The summed E-state index contributed by atoms with van der Waals surface area (Å²) < 4.78 is 1.57. The minimum absolute atomic E-state index is 0.757. The number of aromatic nitrogens is 1. The zero-order valence-corrected chi connectivity index (χ0v) is 7.47. The molecule has 3 heteroatoms. The summed E-state index contributed by atoms with van der Waals surface area (Å²) in [5, 5.41) is 1.88. The molecule has 0 fully saturated rings. The Bertz CT molecular complexity index is 431. The third kappa shape index (κ3) is 0.959. The average Bonchev–Trinajstić information content (AvgIpc) is 2.35. The predicted octanol–water partition coefficient (Wildman–Crippen LogP) is 2.32. The lowest BCUT2D eigenvalue weighted by Crippen LogP contribution is -2.04. The molecule has 12 heavy (non-hydrogen) atoms. The van der Waals surface area contributed by atoms with E-state index in [0.717, 1.165) is 21.5 Å². The van der Waals surface area contributed by atoms with Gasteiger partial charge in [0.25, 0.3) is 0 Å². The molecular formula is C9H9ClN2. The molecule has 62 valence electrons. The number of hydrogen-bond acceptors (Lipinski definition) is 1. The molecule has 1 aromatic carbocycles. The topological polar surface area (TPSA) is 30.9 Å². The van der Waals surface area contributed by atoms with E-state index in [2.05, 4.69) is 0 Å². The van der Waals surface area contributed by atoms with Crippen LogP contribution < -0.4 is 5.84 Å². The van der Waals surface area contributed by atoms with Gasteiger partial charge in [0.1, 0.15) is 0 Å². The summed E-state index contributed by atoms with van der Waals surface area (Å²) in [6.07, 6.45) is 1.82. The number of nitrogens with two attached hydrogens (primary N) is 1. The molecule has 0 radical (unpaired) electrons. The van der Waals surface area contributed by atoms with Crippen molar-refractivity contribution >= 4 is 22.5 Å². The maximum Gasteiger partial charge on any atom is 0.0705 e. The highest BCUT2D eigenvalue weighted by Crippen LogP contribution is 2.22. The quantitative estimate of drug-likeness (QED) is 0.620. The Morgan fingerprint density at radius 2 is 2.17 bits per heavy atom. The van der Waals surface area contributed by atoms with Gasteiger partial charge in [-0.1, -0.05) is 11.6 Å². The summed E-state index contributed by atoms with van der Waals surface area (Å²) >= 11 is 5.95. The molecule has 0 bridgehead atoms. The lowest BCUT2D eigenvalue weighted by molar-refractivity contribution is 1.07. The van der Waals surface area contributed by atoms with Gasteiger partial charge in [0.15, 0.2) is 0 Å². The van der Waals surface area contributed by atoms with Crippen molar-refractivity contribution in [2.75, 3.05) is 5.84 Å². The van der Waals surface area contributed by atoms with Gasteiger partial charge in [-0.3, -0.25) is 4.68 Å². The largest absolute Gasteiger partial charge is 0.339 e. The highest BCUT2D eigenvalue weighted by molar-refractivity contribution is 6.32. The fourth-order valence-electron chi connectivity index (χ4n) is 1.29. The van der Waals surface area contributed by atoms with E-state index in [1.165, 1.54) is 0 Å². The zero-order chi connectivity index (χ0) is 8.72. The number of halogens is 1. The van der Waals surface area contributed by atoms with Crippen LogP contribution >= 0.6 is 11.6 Å². The number of nitrogen functional groups attached to an aromatic ring is 1. The summed E-state index contributed by atoms with van der Waals surface area (Å²) in [4.78, 5) is 0. The lowest BCUT2D eigenvalue weighted by atomic mass is 10.2. The monoisotopic (exact) mass is 180 g/mol. The van der Waals surface area contributed by atoms with Crippen LogP contribution in [0.2, 0.25) is 5.02 Å². The Morgan fingerprint density at radius 3 is 2.92 bits per heavy atom. The van der Waals surface area contributed by atoms with Crippen LogP contribution in [0.4, 0.5) is 0 Å². The van der Waals surface area contributed by atoms with Gasteiger partial charge in [-0.05, 0) is 30.7 Å². The van der Waals surface area contributed by atoms with E-state index >= 15 is 0 Å². The van der Waals surface area contributed by atoms with Gasteiger partial charge in [0.05, 0.1) is 5.52 Å². The first-order valence-corrected chi connectivity index (χ1v) is 4.08. The van der Waals surface area contributed by atoms with E-state index in [1.807, 2.05) is 31.3 Å². The van der Waals surface area contributed by atoms with Crippen molar-refractivity contribution in [3.8, 4) is 0 Å². The smallest absolute Gasteiger partial charge is 0.0705 e. The van der Waals surface area contributed by atoms with Gasteiger partial charge in [0, 0.05) is 16.6 Å². The van der Waals surface area contributed by atoms with Gasteiger partial charge in [-0.25, -0.2) is 0 Å². The summed E-state index contributed by atoms with van der Waals surface area (Å²) in [5.41, 5.74) is 2.04. The molecule has 0 unspecified atom stereocenters. The maximum absolute atomic E-state index is 5.95. The molecule has 0 aliphatic heterocycles. The molecule has 1 heterocycles. The molecule has 0 saturated carbocycles. The number of rotatable bonds is 0. The van der Waals surface area contributed by atoms with Crippen LogP contribution in [0.5, 0.6) is 0 Å². The second kappa shape index (κ2) is 2.42. The van der Waals surface area contributed by atoms with E-state index in [1.54, 1.807) is 4.68 Å². The maximum atomic E-state index is 5.95. The Kier molecular flexibility index (Phi) is 1.51. The molecule has 0 saturated heterocycles. The fraction of sp³-hybridized carbons (Fsp3) is 0.111. The third-order valence-corrected chi connectivity index (χ3v) is 2.41. The molecule has 2 rings (SSSR count). The van der Waals surface area contributed by atoms with Crippen LogP contribution in [-0.4, -0.2) is 4.68 Å². The summed E-state index contributed by atoms with van der Waals surface area (Å²) in [5.74, 6) is 5.65. The van der Waals surface area contributed by atoms with Crippen molar-refractivity contribution in [2.45, 2.75) is 6.92 Å². The van der Waals surface area contributed by atoms with E-state index in [0.29, 0.717) is 0 Å². The number of hydrogen-bond donors (Lipinski definition) is 1. The normalized spacial score (nSPS) is 10.8. The second-order valence-electron chi connectivity index (χ2n) is 2.88. The molecule has 2 N–H and O–H groups in total. The third-order valence-electron chi connectivity index (χ3n) is 2.00. The average molecular weight is 181 g/mol. The van der Waals surface area contributed by atoms with Crippen molar-refractivity contribution in [1.82, 2.24) is 4.68 Å². The summed E-state index contributed by atoms with van der Waals surface area (Å²) in [7, 11) is 0. The Morgan fingerprint density at radius 1 is 1.42 bits per heavy atom. The van der Waals surface area contributed by atoms with Crippen LogP contribution in [0.25, 0.3) is 10.9 Å². The number of aryl methyl sites for hydroxylation is 1. The fourth-order valence-corrected chi connectivity index (χ4v) is 1.45. The van der Waals surface area contributed by atoms with Gasteiger partial charge < -0.3 is 5.84 Å². The second-order valence-corrected chi connectivity index (χ2v) is 3.29. The van der Waals surface area contributed by atoms with Crippen LogP contribution in [0.1, 0.15) is 5.56 Å². The lowest BCUT2D eigenvalue weighted by Gasteiger charge is -1.99. The Balaban J connectivity index is 2.87. The SMILES string of the molecule is Cc1cc2ccn(N)c2cc1Cl. The van der Waals surface area contributed by atoms with E-state index in [9.17, 15) is 0 Å². The Hall–Kier alpha value is -1.15. The molecule has 0 atom stereocenters. The number of nitrogens with zero attached hydrogens (tertiary/aromatic N) is 1. The Labute approximate surface area is 75.5 Å². The molecule has 0 spiro atoms. The molecule has 2 nitrogen and oxygen atoms in total. The van der Waals surface area contributed by atoms with E-state index in [4.69, 9.17) is 17.4 Å². The van der Waals surface area contributed by atoms with Crippen LogP contribution in [0, 0.1) is 6.92 Å². The van der Waals surface area contributed by atoms with Crippen LogP contribution in [0.15, 0.2) is 24.4 Å². The zero-order valence-electron chi connectivity index (χ0n) is 6.71. The highest BCUT2D eigenvalue weighted by Gasteiger charge is 2.01. The molecule has 0 amide bonds. The van der Waals surface area contributed by atoms with Crippen molar-refractivity contribution in [3.63, 3.8) is 0 Å². The minimum Gasteiger partial charge on any atom is -0.339 e. The molecule has 0 aliphatic rings. The predicted molar refractivity (Wildman–Crippen MR) is 51.8 cm³/mol. The first-order chi connectivity index (χ1) is 5.68. The molecule has 0 aliphatic carbocycles. The van der Waals surface area contributed by atoms with Gasteiger partial charge >= 0.3 is 0 Å². The number of fused-ring (bicyclic) bond motifs is 1. The first kappa shape index (κ1) is 7.50. The first-order valence-electron chi connectivity index (χ1n) is 3.71. The van der Waals surface area contributed by atoms with Crippen molar-refractivity contribution < 1.29 is 0 Å². The van der Waals surface area contributed by atoms with Crippen LogP contribution in [0.3, 0.4) is 0 Å². The van der Waals surface area contributed by atoms with Crippen LogP contribution in [-0.2, 0) is 0 Å². The molecule has 1 aromatic heterocycles. The standard InChI is InChI=1S/C9H9ClN2/c1-6-4-7-2-3-12(11)9(7)5-8(6)10/h2-5H,11H2,1H3. The highest BCUT2D eigenvalue weighted by atomic mass is 35.5. The van der Waals surface area contributed by atoms with Crippen molar-refractivity contribution in [1.29, 1.82) is 0 Å².